The van der Waals surface area contributed by atoms with Crippen LogP contribution in [0.25, 0.3) is 0 Å². The van der Waals surface area contributed by atoms with E-state index >= 15 is 0 Å². The Balaban J connectivity index is 2.17. The summed E-state index contributed by atoms with van der Waals surface area (Å²) in [5.74, 6) is 0.992. The number of rotatable bonds is 7. The van der Waals surface area contributed by atoms with Gasteiger partial charge in [-0.25, -0.2) is 0 Å². The molecule has 4 heteroatoms. The average molecular weight is 214 g/mol. The van der Waals surface area contributed by atoms with E-state index < -0.39 is 0 Å². The number of hydrogen-bond acceptors (Lipinski definition) is 4. The third-order valence-electron chi connectivity index (χ3n) is 1.94. The molecule has 0 aliphatic carbocycles. The molecule has 0 amide bonds. The number of methoxy groups -OCH3 is 1. The first-order valence-corrected chi connectivity index (χ1v) is 5.78. The first kappa shape index (κ1) is 11.5. The molecule has 0 aromatic carbocycles. The molecular weight excluding hydrogens is 196 g/mol. The van der Waals surface area contributed by atoms with E-state index in [-0.39, 0.29) is 0 Å². The molecule has 0 aliphatic heterocycles. The third kappa shape index (κ3) is 3.65. The third-order valence-corrected chi connectivity index (χ3v) is 2.84. The zero-order valence-electron chi connectivity index (χ0n) is 8.80. The zero-order chi connectivity index (χ0) is 10.2. The molecule has 0 fully saturated rings. The minimum Gasteiger partial charge on any atom is -0.496 e. The normalized spacial score (nSPS) is 10.4. The molecule has 1 aromatic rings. The minimum atomic E-state index is 0.895. The highest BCUT2D eigenvalue weighted by Gasteiger charge is 2.02. The van der Waals surface area contributed by atoms with Crippen molar-refractivity contribution < 1.29 is 4.74 Å². The van der Waals surface area contributed by atoms with Crippen molar-refractivity contribution in [3.63, 3.8) is 0 Å². The summed E-state index contributed by atoms with van der Waals surface area (Å²) in [5.41, 5.74) is 0. The van der Waals surface area contributed by atoms with Crippen LogP contribution in [0.3, 0.4) is 0 Å². The Bertz CT molecular complexity index is 250. The molecule has 0 spiro atoms. The van der Waals surface area contributed by atoms with Crippen molar-refractivity contribution in [3.05, 3.63) is 16.3 Å². The largest absolute Gasteiger partial charge is 0.496 e. The maximum Gasteiger partial charge on any atom is 0.134 e. The van der Waals surface area contributed by atoms with Gasteiger partial charge in [0.15, 0.2) is 0 Å². The smallest absolute Gasteiger partial charge is 0.134 e. The van der Waals surface area contributed by atoms with Gasteiger partial charge < -0.3 is 15.4 Å². The summed E-state index contributed by atoms with van der Waals surface area (Å²) < 4.78 is 5.22. The van der Waals surface area contributed by atoms with Crippen LogP contribution >= 0.6 is 11.3 Å². The van der Waals surface area contributed by atoms with Gasteiger partial charge in [0.2, 0.25) is 0 Å². The van der Waals surface area contributed by atoms with Crippen LogP contribution in [-0.4, -0.2) is 26.7 Å². The first-order chi connectivity index (χ1) is 6.88. The Labute approximate surface area is 89.5 Å². The van der Waals surface area contributed by atoms with Crippen molar-refractivity contribution >= 4 is 11.3 Å². The van der Waals surface area contributed by atoms with Gasteiger partial charge in [0.05, 0.1) is 12.0 Å². The molecule has 1 rings (SSSR count). The van der Waals surface area contributed by atoms with Crippen molar-refractivity contribution in [1.82, 2.24) is 10.6 Å². The van der Waals surface area contributed by atoms with Gasteiger partial charge in [-0.1, -0.05) is 6.92 Å². The van der Waals surface area contributed by atoms with Crippen LogP contribution in [0.4, 0.5) is 0 Å². The summed E-state index contributed by atoms with van der Waals surface area (Å²) in [5, 5.41) is 8.69. The van der Waals surface area contributed by atoms with Crippen molar-refractivity contribution in [1.29, 1.82) is 0 Å². The van der Waals surface area contributed by atoms with Crippen molar-refractivity contribution in [2.45, 2.75) is 13.5 Å². The van der Waals surface area contributed by atoms with Crippen LogP contribution in [0.1, 0.15) is 11.8 Å². The summed E-state index contributed by atoms with van der Waals surface area (Å²) in [7, 11) is 1.71. The van der Waals surface area contributed by atoms with Crippen LogP contribution < -0.4 is 15.4 Å². The molecule has 0 bridgehead atoms. The Morgan fingerprint density at radius 3 is 2.86 bits per heavy atom. The summed E-state index contributed by atoms with van der Waals surface area (Å²) in [4.78, 5) is 1.27. The van der Waals surface area contributed by atoms with E-state index in [1.165, 1.54) is 4.88 Å². The standard InChI is InChI=1S/C10H18N2OS/c1-3-11-5-6-12-8-10-9(13-2)4-7-14-10/h4,7,11-12H,3,5-6,8H2,1-2H3. The van der Waals surface area contributed by atoms with Gasteiger partial charge in [-0.3, -0.25) is 0 Å². The highest BCUT2D eigenvalue weighted by atomic mass is 32.1. The highest BCUT2D eigenvalue weighted by molar-refractivity contribution is 7.10. The van der Waals surface area contributed by atoms with Crippen molar-refractivity contribution in [2.24, 2.45) is 0 Å². The predicted octanol–water partition coefficient (Wildman–Crippen LogP) is 1.46. The molecule has 14 heavy (non-hydrogen) atoms. The van der Waals surface area contributed by atoms with Gasteiger partial charge in [-0.15, -0.1) is 11.3 Å². The van der Waals surface area contributed by atoms with Gasteiger partial charge in [0, 0.05) is 19.6 Å². The van der Waals surface area contributed by atoms with Crippen LogP contribution in [0.2, 0.25) is 0 Å². The Kier molecular flexibility index (Phi) is 5.59. The number of likely N-dealkylation sites (N-methyl/N-ethyl adjacent to an activating group) is 1. The summed E-state index contributed by atoms with van der Waals surface area (Å²) in [6, 6.07) is 2.01. The van der Waals surface area contributed by atoms with E-state index in [1.807, 2.05) is 6.07 Å². The highest BCUT2D eigenvalue weighted by Crippen LogP contribution is 2.23. The molecule has 2 N–H and O–H groups in total. The number of hydrogen-bond donors (Lipinski definition) is 2. The molecular formula is C10H18N2OS. The van der Waals surface area contributed by atoms with Gasteiger partial charge in [0.25, 0.3) is 0 Å². The van der Waals surface area contributed by atoms with E-state index in [1.54, 1.807) is 18.4 Å². The van der Waals surface area contributed by atoms with Crippen molar-refractivity contribution in [2.75, 3.05) is 26.7 Å². The predicted molar refractivity (Wildman–Crippen MR) is 61.1 cm³/mol. The maximum absolute atomic E-state index is 5.22. The maximum atomic E-state index is 5.22. The lowest BCUT2D eigenvalue weighted by Gasteiger charge is -2.05. The number of thiophene rings is 1. The molecule has 0 saturated heterocycles. The van der Waals surface area contributed by atoms with Crippen LogP contribution in [0.15, 0.2) is 11.4 Å². The molecule has 80 valence electrons. The second-order valence-electron chi connectivity index (χ2n) is 2.94. The summed E-state index contributed by atoms with van der Waals surface area (Å²) >= 11 is 1.73. The number of nitrogens with one attached hydrogen (secondary N) is 2. The molecule has 0 aliphatic rings. The minimum absolute atomic E-state index is 0.895. The zero-order valence-corrected chi connectivity index (χ0v) is 9.62. The van der Waals surface area contributed by atoms with E-state index in [0.717, 1.165) is 31.9 Å². The average Bonchev–Trinajstić information content (AvgIpc) is 2.65. The topological polar surface area (TPSA) is 33.3 Å². The fourth-order valence-electron chi connectivity index (χ4n) is 1.20. The van der Waals surface area contributed by atoms with E-state index in [4.69, 9.17) is 4.74 Å². The fraction of sp³-hybridized carbons (Fsp3) is 0.600. The lowest BCUT2D eigenvalue weighted by Crippen LogP contribution is -2.26. The monoisotopic (exact) mass is 214 g/mol. The van der Waals surface area contributed by atoms with Gasteiger partial charge in [0.1, 0.15) is 5.75 Å². The van der Waals surface area contributed by atoms with Gasteiger partial charge >= 0.3 is 0 Å². The molecule has 1 aromatic heterocycles. The Morgan fingerprint density at radius 2 is 2.14 bits per heavy atom. The second kappa shape index (κ2) is 6.81. The Morgan fingerprint density at radius 1 is 1.36 bits per heavy atom. The molecule has 0 saturated carbocycles. The van der Waals surface area contributed by atoms with E-state index in [2.05, 4.69) is 22.9 Å². The van der Waals surface area contributed by atoms with Crippen LogP contribution in [0.5, 0.6) is 5.75 Å². The first-order valence-electron chi connectivity index (χ1n) is 4.90. The second-order valence-corrected chi connectivity index (χ2v) is 3.94. The molecule has 0 radical (unpaired) electrons. The summed E-state index contributed by atoms with van der Waals surface area (Å²) in [6.45, 7) is 6.05. The van der Waals surface area contributed by atoms with Gasteiger partial charge in [-0.05, 0) is 18.0 Å². The lowest BCUT2D eigenvalue weighted by atomic mass is 10.4. The number of ether oxygens (including phenoxy) is 1. The summed E-state index contributed by atoms with van der Waals surface area (Å²) in [6.07, 6.45) is 0. The Hall–Kier alpha value is -0.580. The molecule has 1 heterocycles. The quantitative estimate of drug-likeness (QED) is 0.674. The fourth-order valence-corrected chi connectivity index (χ4v) is 2.00. The molecule has 0 atom stereocenters. The molecule has 0 unspecified atom stereocenters. The van der Waals surface area contributed by atoms with E-state index in [0.29, 0.717) is 0 Å². The van der Waals surface area contributed by atoms with Crippen LogP contribution in [0, 0.1) is 0 Å². The van der Waals surface area contributed by atoms with Crippen LogP contribution in [-0.2, 0) is 6.54 Å². The molecule has 3 nitrogen and oxygen atoms in total. The van der Waals surface area contributed by atoms with Crippen molar-refractivity contribution in [3.8, 4) is 5.75 Å². The van der Waals surface area contributed by atoms with E-state index in [9.17, 15) is 0 Å². The lowest BCUT2D eigenvalue weighted by molar-refractivity contribution is 0.410. The SMILES string of the molecule is CCNCCNCc1sccc1OC. The van der Waals surface area contributed by atoms with Gasteiger partial charge in [-0.2, -0.15) is 0 Å².